The van der Waals surface area contributed by atoms with Crippen LogP contribution in [0.25, 0.3) is 0 Å². The highest BCUT2D eigenvalue weighted by atomic mass is 79.9. The van der Waals surface area contributed by atoms with Gasteiger partial charge in [-0.3, -0.25) is 0 Å². The van der Waals surface area contributed by atoms with Crippen molar-refractivity contribution in [2.75, 3.05) is 27.2 Å². The minimum Gasteiger partial charge on any atom is -0.320 e. The van der Waals surface area contributed by atoms with E-state index >= 15 is 0 Å². The number of hydrogen-bond acceptors (Lipinski definition) is 2. The summed E-state index contributed by atoms with van der Waals surface area (Å²) in [5.74, 6) is 0. The molecule has 0 aliphatic heterocycles. The van der Waals surface area contributed by atoms with E-state index in [9.17, 15) is 0 Å². The van der Waals surface area contributed by atoms with Crippen molar-refractivity contribution in [1.82, 2.24) is 10.2 Å². The van der Waals surface area contributed by atoms with Crippen LogP contribution in [0.15, 0.2) is 28.7 Å². The Morgan fingerprint density at radius 2 is 2.20 bits per heavy atom. The SMILES string of the molecule is CNCCCN(C)Cc1cccc(Br)c1. The molecule has 1 aromatic rings. The summed E-state index contributed by atoms with van der Waals surface area (Å²) in [4.78, 5) is 2.35. The lowest BCUT2D eigenvalue weighted by molar-refractivity contribution is 0.321. The minimum atomic E-state index is 1.02. The maximum absolute atomic E-state index is 3.49. The smallest absolute Gasteiger partial charge is 0.0231 e. The molecular weight excluding hydrogens is 252 g/mol. The van der Waals surface area contributed by atoms with Crippen LogP contribution in [0, 0.1) is 0 Å². The van der Waals surface area contributed by atoms with Gasteiger partial charge in [-0.15, -0.1) is 0 Å². The molecule has 0 unspecified atom stereocenters. The third kappa shape index (κ3) is 5.30. The fourth-order valence-electron chi connectivity index (χ4n) is 1.55. The second-order valence-corrected chi connectivity index (χ2v) is 4.74. The molecule has 2 nitrogen and oxygen atoms in total. The van der Waals surface area contributed by atoms with Gasteiger partial charge in [-0.1, -0.05) is 28.1 Å². The summed E-state index contributed by atoms with van der Waals surface area (Å²) < 4.78 is 1.16. The number of rotatable bonds is 6. The molecule has 0 aliphatic carbocycles. The van der Waals surface area contributed by atoms with Gasteiger partial charge in [-0.2, -0.15) is 0 Å². The van der Waals surface area contributed by atoms with Crippen LogP contribution in [0.1, 0.15) is 12.0 Å². The molecule has 1 rings (SSSR count). The second-order valence-electron chi connectivity index (χ2n) is 3.82. The Morgan fingerprint density at radius 1 is 1.40 bits per heavy atom. The Bertz CT molecular complexity index is 289. The third-order valence-electron chi connectivity index (χ3n) is 2.31. The first kappa shape index (κ1) is 12.7. The van der Waals surface area contributed by atoms with E-state index in [0.29, 0.717) is 0 Å². The summed E-state index contributed by atoms with van der Waals surface area (Å²) in [7, 11) is 4.16. The molecule has 3 heteroatoms. The van der Waals surface area contributed by atoms with E-state index < -0.39 is 0 Å². The van der Waals surface area contributed by atoms with Gasteiger partial charge in [-0.25, -0.2) is 0 Å². The van der Waals surface area contributed by atoms with Crippen molar-refractivity contribution in [2.24, 2.45) is 0 Å². The zero-order valence-corrected chi connectivity index (χ0v) is 11.0. The normalized spacial score (nSPS) is 10.9. The Morgan fingerprint density at radius 3 is 2.87 bits per heavy atom. The van der Waals surface area contributed by atoms with Gasteiger partial charge in [0.25, 0.3) is 0 Å². The lowest BCUT2D eigenvalue weighted by atomic mass is 10.2. The van der Waals surface area contributed by atoms with Crippen LogP contribution in [0.3, 0.4) is 0 Å². The van der Waals surface area contributed by atoms with Crippen molar-refractivity contribution >= 4 is 15.9 Å². The fraction of sp³-hybridized carbons (Fsp3) is 0.500. The second kappa shape index (κ2) is 6.99. The quantitative estimate of drug-likeness (QED) is 0.800. The maximum Gasteiger partial charge on any atom is 0.0231 e. The highest BCUT2D eigenvalue weighted by Crippen LogP contribution is 2.12. The molecule has 0 amide bonds. The van der Waals surface area contributed by atoms with Gasteiger partial charge in [0.1, 0.15) is 0 Å². The van der Waals surface area contributed by atoms with Gasteiger partial charge in [-0.05, 0) is 51.3 Å². The van der Waals surface area contributed by atoms with Crippen LogP contribution in [0.2, 0.25) is 0 Å². The monoisotopic (exact) mass is 270 g/mol. The third-order valence-corrected chi connectivity index (χ3v) is 2.80. The zero-order valence-electron chi connectivity index (χ0n) is 9.46. The van der Waals surface area contributed by atoms with Gasteiger partial charge < -0.3 is 10.2 Å². The average Bonchev–Trinajstić information content (AvgIpc) is 2.18. The Kier molecular flexibility index (Phi) is 5.91. The molecule has 0 radical (unpaired) electrons. The highest BCUT2D eigenvalue weighted by Gasteiger charge is 2.00. The van der Waals surface area contributed by atoms with Crippen molar-refractivity contribution in [3.8, 4) is 0 Å². The first-order chi connectivity index (χ1) is 7.22. The van der Waals surface area contributed by atoms with E-state index in [-0.39, 0.29) is 0 Å². The topological polar surface area (TPSA) is 15.3 Å². The molecular formula is C12H19BrN2. The minimum absolute atomic E-state index is 1.02. The maximum atomic E-state index is 3.49. The molecule has 0 saturated carbocycles. The highest BCUT2D eigenvalue weighted by molar-refractivity contribution is 9.10. The summed E-state index contributed by atoms with van der Waals surface area (Å²) in [6.07, 6.45) is 1.20. The van der Waals surface area contributed by atoms with Crippen LogP contribution in [-0.2, 0) is 6.54 Å². The predicted molar refractivity (Wildman–Crippen MR) is 69.0 cm³/mol. The number of benzene rings is 1. The van der Waals surface area contributed by atoms with E-state index in [1.165, 1.54) is 12.0 Å². The van der Waals surface area contributed by atoms with Gasteiger partial charge in [0.2, 0.25) is 0 Å². The van der Waals surface area contributed by atoms with E-state index in [0.717, 1.165) is 24.1 Å². The molecule has 0 heterocycles. The molecule has 1 aromatic carbocycles. The van der Waals surface area contributed by atoms with E-state index in [1.54, 1.807) is 0 Å². The average molecular weight is 271 g/mol. The van der Waals surface area contributed by atoms with E-state index in [2.05, 4.69) is 57.5 Å². The molecule has 0 fully saturated rings. The molecule has 0 aliphatic rings. The van der Waals surface area contributed by atoms with Crippen molar-refractivity contribution in [1.29, 1.82) is 0 Å². The van der Waals surface area contributed by atoms with Crippen molar-refractivity contribution in [2.45, 2.75) is 13.0 Å². The zero-order chi connectivity index (χ0) is 11.1. The summed E-state index contributed by atoms with van der Waals surface area (Å²) in [6.45, 7) is 3.24. The Hall–Kier alpha value is -0.380. The number of halogens is 1. The van der Waals surface area contributed by atoms with Crippen LogP contribution in [-0.4, -0.2) is 32.1 Å². The van der Waals surface area contributed by atoms with Crippen LogP contribution < -0.4 is 5.32 Å². The van der Waals surface area contributed by atoms with Crippen LogP contribution in [0.5, 0.6) is 0 Å². The molecule has 0 spiro atoms. The summed E-state index contributed by atoms with van der Waals surface area (Å²) >= 11 is 3.49. The molecule has 15 heavy (non-hydrogen) atoms. The lowest BCUT2D eigenvalue weighted by Gasteiger charge is -2.16. The van der Waals surface area contributed by atoms with Crippen molar-refractivity contribution in [3.63, 3.8) is 0 Å². The molecule has 0 bridgehead atoms. The Balaban J connectivity index is 2.34. The first-order valence-corrected chi connectivity index (χ1v) is 6.09. The van der Waals surface area contributed by atoms with Crippen molar-refractivity contribution in [3.05, 3.63) is 34.3 Å². The van der Waals surface area contributed by atoms with Gasteiger partial charge in [0, 0.05) is 11.0 Å². The molecule has 0 saturated heterocycles. The van der Waals surface area contributed by atoms with E-state index in [4.69, 9.17) is 0 Å². The van der Waals surface area contributed by atoms with Gasteiger partial charge in [0.15, 0.2) is 0 Å². The number of nitrogens with zero attached hydrogens (tertiary/aromatic N) is 1. The van der Waals surface area contributed by atoms with Crippen molar-refractivity contribution < 1.29 is 0 Å². The van der Waals surface area contributed by atoms with Crippen LogP contribution in [0.4, 0.5) is 0 Å². The lowest BCUT2D eigenvalue weighted by Crippen LogP contribution is -2.22. The summed E-state index contributed by atoms with van der Waals surface area (Å²) in [6, 6.07) is 8.49. The van der Waals surface area contributed by atoms with Gasteiger partial charge >= 0.3 is 0 Å². The predicted octanol–water partition coefficient (Wildman–Crippen LogP) is 2.49. The largest absolute Gasteiger partial charge is 0.320 e. The van der Waals surface area contributed by atoms with E-state index in [1.807, 2.05) is 7.05 Å². The van der Waals surface area contributed by atoms with Gasteiger partial charge in [0.05, 0.1) is 0 Å². The Labute approximate surface area is 101 Å². The standard InChI is InChI=1S/C12H19BrN2/c1-14-7-4-8-15(2)10-11-5-3-6-12(13)9-11/h3,5-6,9,14H,4,7-8,10H2,1-2H3. The number of nitrogens with one attached hydrogen (secondary N) is 1. The molecule has 84 valence electrons. The first-order valence-electron chi connectivity index (χ1n) is 5.30. The fourth-order valence-corrected chi connectivity index (χ4v) is 2.00. The van der Waals surface area contributed by atoms with Crippen LogP contribution >= 0.6 is 15.9 Å². The summed E-state index contributed by atoms with van der Waals surface area (Å²) in [5, 5.41) is 3.16. The molecule has 0 aromatic heterocycles. The molecule has 1 N–H and O–H groups in total. The molecule has 0 atom stereocenters. The number of hydrogen-bond donors (Lipinski definition) is 1. The summed E-state index contributed by atoms with van der Waals surface area (Å²) in [5.41, 5.74) is 1.36.